The third-order valence-electron chi connectivity index (χ3n) is 4.37. The molecule has 1 saturated carbocycles. The van der Waals surface area contributed by atoms with Gasteiger partial charge in [0.15, 0.2) is 0 Å². The van der Waals surface area contributed by atoms with Crippen LogP contribution in [0.1, 0.15) is 41.7 Å². The van der Waals surface area contributed by atoms with Crippen molar-refractivity contribution in [1.29, 1.82) is 0 Å². The zero-order valence-corrected chi connectivity index (χ0v) is 13.5. The molecule has 1 aliphatic rings. The number of nitrogens with zero attached hydrogens (tertiary/aromatic N) is 2. The Morgan fingerprint density at radius 2 is 1.91 bits per heavy atom. The number of benzene rings is 1. The smallest absolute Gasteiger partial charge is 0.270 e. The first kappa shape index (κ1) is 15.5. The molecule has 0 bridgehead atoms. The molecular weight excluding hydrogens is 286 g/mol. The van der Waals surface area contributed by atoms with Gasteiger partial charge in [-0.1, -0.05) is 43.2 Å². The SMILES string of the molecule is CN(Cc1ccccc1)c1ccc(C(=O)NC2CCCC2)nc1. The summed E-state index contributed by atoms with van der Waals surface area (Å²) in [7, 11) is 2.03. The summed E-state index contributed by atoms with van der Waals surface area (Å²) in [5.41, 5.74) is 2.75. The predicted molar refractivity (Wildman–Crippen MR) is 92.5 cm³/mol. The van der Waals surface area contributed by atoms with Gasteiger partial charge in [-0.3, -0.25) is 4.79 Å². The van der Waals surface area contributed by atoms with Crippen molar-refractivity contribution in [3.05, 3.63) is 59.9 Å². The number of carbonyl (C=O) groups excluding carboxylic acids is 1. The topological polar surface area (TPSA) is 45.2 Å². The molecule has 1 heterocycles. The van der Waals surface area contributed by atoms with Gasteiger partial charge in [0.05, 0.1) is 11.9 Å². The van der Waals surface area contributed by atoms with E-state index in [0.29, 0.717) is 11.7 Å². The Labute approximate surface area is 137 Å². The Kier molecular flexibility index (Phi) is 4.91. The normalized spacial score (nSPS) is 14.7. The lowest BCUT2D eigenvalue weighted by molar-refractivity contribution is 0.0933. The summed E-state index contributed by atoms with van der Waals surface area (Å²) in [6.45, 7) is 0.816. The van der Waals surface area contributed by atoms with E-state index in [1.807, 2.05) is 31.3 Å². The van der Waals surface area contributed by atoms with Crippen molar-refractivity contribution in [2.45, 2.75) is 38.3 Å². The fourth-order valence-electron chi connectivity index (χ4n) is 3.02. The highest BCUT2D eigenvalue weighted by Crippen LogP contribution is 2.18. The summed E-state index contributed by atoms with van der Waals surface area (Å²) in [5, 5.41) is 3.07. The van der Waals surface area contributed by atoms with E-state index in [-0.39, 0.29) is 5.91 Å². The Morgan fingerprint density at radius 3 is 2.57 bits per heavy atom. The van der Waals surface area contributed by atoms with Gasteiger partial charge in [0.2, 0.25) is 0 Å². The molecule has 0 saturated heterocycles. The van der Waals surface area contributed by atoms with Gasteiger partial charge < -0.3 is 10.2 Å². The van der Waals surface area contributed by atoms with Crippen LogP contribution in [-0.4, -0.2) is 24.0 Å². The molecule has 23 heavy (non-hydrogen) atoms. The van der Waals surface area contributed by atoms with Gasteiger partial charge in [0.25, 0.3) is 5.91 Å². The van der Waals surface area contributed by atoms with Crippen molar-refractivity contribution in [2.24, 2.45) is 0 Å². The molecule has 0 aliphatic heterocycles. The van der Waals surface area contributed by atoms with Crippen LogP contribution >= 0.6 is 0 Å². The minimum atomic E-state index is -0.0610. The molecule has 1 aromatic carbocycles. The first-order chi connectivity index (χ1) is 11.2. The van der Waals surface area contributed by atoms with Crippen LogP contribution < -0.4 is 10.2 Å². The maximum Gasteiger partial charge on any atom is 0.270 e. The number of aromatic nitrogens is 1. The van der Waals surface area contributed by atoms with Crippen molar-refractivity contribution in [1.82, 2.24) is 10.3 Å². The van der Waals surface area contributed by atoms with Crippen LogP contribution in [0.15, 0.2) is 48.7 Å². The van der Waals surface area contributed by atoms with E-state index in [1.165, 1.54) is 18.4 Å². The molecule has 2 aromatic rings. The van der Waals surface area contributed by atoms with Crippen LogP contribution in [0.4, 0.5) is 5.69 Å². The summed E-state index contributed by atoms with van der Waals surface area (Å²) in [6.07, 6.45) is 6.36. The van der Waals surface area contributed by atoms with Gasteiger partial charge in [-0.05, 0) is 30.5 Å². The molecule has 1 amide bonds. The quantitative estimate of drug-likeness (QED) is 0.921. The molecule has 1 fully saturated rings. The summed E-state index contributed by atoms with van der Waals surface area (Å²) >= 11 is 0. The molecular formula is C19H23N3O. The zero-order valence-electron chi connectivity index (χ0n) is 13.5. The minimum Gasteiger partial charge on any atom is -0.369 e. The van der Waals surface area contributed by atoms with Crippen molar-refractivity contribution in [3.8, 4) is 0 Å². The second-order valence-electron chi connectivity index (χ2n) is 6.20. The number of anilines is 1. The van der Waals surface area contributed by atoms with E-state index in [9.17, 15) is 4.79 Å². The maximum atomic E-state index is 12.2. The summed E-state index contributed by atoms with van der Waals surface area (Å²) in [6, 6.07) is 14.4. The fraction of sp³-hybridized carbons (Fsp3) is 0.368. The predicted octanol–water partition coefficient (Wildman–Crippen LogP) is 3.39. The summed E-state index contributed by atoms with van der Waals surface area (Å²) in [4.78, 5) is 18.6. The molecule has 4 heteroatoms. The molecule has 0 atom stereocenters. The highest BCUT2D eigenvalue weighted by molar-refractivity contribution is 5.92. The van der Waals surface area contributed by atoms with Crippen molar-refractivity contribution in [3.63, 3.8) is 0 Å². The second kappa shape index (κ2) is 7.27. The number of hydrogen-bond acceptors (Lipinski definition) is 3. The van der Waals surface area contributed by atoms with E-state index in [4.69, 9.17) is 0 Å². The molecule has 4 nitrogen and oxygen atoms in total. The van der Waals surface area contributed by atoms with E-state index in [2.05, 4.69) is 27.3 Å². The maximum absolute atomic E-state index is 12.2. The van der Waals surface area contributed by atoms with Crippen molar-refractivity contribution >= 4 is 11.6 Å². The van der Waals surface area contributed by atoms with Crippen LogP contribution in [0.5, 0.6) is 0 Å². The van der Waals surface area contributed by atoms with Gasteiger partial charge in [-0.15, -0.1) is 0 Å². The summed E-state index contributed by atoms with van der Waals surface area (Å²) < 4.78 is 0. The Hall–Kier alpha value is -2.36. The van der Waals surface area contributed by atoms with Crippen LogP contribution in [0.25, 0.3) is 0 Å². The van der Waals surface area contributed by atoms with Gasteiger partial charge in [-0.2, -0.15) is 0 Å². The number of carbonyl (C=O) groups is 1. The third kappa shape index (κ3) is 4.09. The Balaban J connectivity index is 1.60. The highest BCUT2D eigenvalue weighted by Gasteiger charge is 2.18. The summed E-state index contributed by atoms with van der Waals surface area (Å²) in [5.74, 6) is -0.0610. The van der Waals surface area contributed by atoms with Crippen LogP contribution in [-0.2, 0) is 6.54 Å². The number of nitrogens with one attached hydrogen (secondary N) is 1. The minimum absolute atomic E-state index is 0.0610. The standard InChI is InChI=1S/C19H23N3O/c1-22(14-15-7-3-2-4-8-15)17-11-12-18(20-13-17)19(23)21-16-9-5-6-10-16/h2-4,7-8,11-13,16H,5-6,9-10,14H2,1H3,(H,21,23). The molecule has 3 rings (SSSR count). The number of pyridine rings is 1. The van der Waals surface area contributed by atoms with Gasteiger partial charge in [0, 0.05) is 19.6 Å². The molecule has 1 aromatic heterocycles. The van der Waals surface area contributed by atoms with E-state index >= 15 is 0 Å². The lowest BCUT2D eigenvalue weighted by Gasteiger charge is -2.19. The molecule has 1 aliphatic carbocycles. The molecule has 0 spiro atoms. The first-order valence-electron chi connectivity index (χ1n) is 8.24. The third-order valence-corrected chi connectivity index (χ3v) is 4.37. The van der Waals surface area contributed by atoms with Crippen molar-refractivity contribution < 1.29 is 4.79 Å². The Bertz CT molecular complexity index is 633. The van der Waals surface area contributed by atoms with Gasteiger partial charge in [-0.25, -0.2) is 4.98 Å². The van der Waals surface area contributed by atoms with Crippen LogP contribution in [0, 0.1) is 0 Å². The lowest BCUT2D eigenvalue weighted by atomic mass is 10.2. The van der Waals surface area contributed by atoms with Gasteiger partial charge >= 0.3 is 0 Å². The number of amides is 1. The van der Waals surface area contributed by atoms with Crippen LogP contribution in [0.2, 0.25) is 0 Å². The van der Waals surface area contributed by atoms with E-state index in [1.54, 1.807) is 12.3 Å². The Morgan fingerprint density at radius 1 is 1.17 bits per heavy atom. The molecule has 1 N–H and O–H groups in total. The number of hydrogen-bond donors (Lipinski definition) is 1. The van der Waals surface area contributed by atoms with Crippen molar-refractivity contribution in [2.75, 3.05) is 11.9 Å². The highest BCUT2D eigenvalue weighted by atomic mass is 16.1. The molecule has 0 unspecified atom stereocenters. The monoisotopic (exact) mass is 309 g/mol. The van der Waals surface area contributed by atoms with E-state index in [0.717, 1.165) is 25.1 Å². The lowest BCUT2D eigenvalue weighted by Crippen LogP contribution is -2.33. The largest absolute Gasteiger partial charge is 0.369 e. The van der Waals surface area contributed by atoms with Crippen LogP contribution in [0.3, 0.4) is 0 Å². The number of rotatable bonds is 5. The average molecular weight is 309 g/mol. The molecule has 0 radical (unpaired) electrons. The second-order valence-corrected chi connectivity index (χ2v) is 6.20. The zero-order chi connectivity index (χ0) is 16.1. The average Bonchev–Trinajstić information content (AvgIpc) is 3.09. The van der Waals surface area contributed by atoms with Gasteiger partial charge in [0.1, 0.15) is 5.69 Å². The molecule has 120 valence electrons. The fourth-order valence-corrected chi connectivity index (χ4v) is 3.02. The van der Waals surface area contributed by atoms with E-state index < -0.39 is 0 Å². The first-order valence-corrected chi connectivity index (χ1v) is 8.24.